The number of carbonyl (C=O) groups is 1. The number of amides is 1. The molecule has 3 aromatic carbocycles. The van der Waals surface area contributed by atoms with Crippen molar-refractivity contribution >= 4 is 28.2 Å². The standard InChI is InChI=1S/C36H40N4O4/c1-24-6-4-5-7-26(24)9-13-33-37-31-21-27(39-18-19-44-28(22-39)23-43-3)10-11-29(31)34(41)40(33)17-14-25-8-12-30-32(20-25)38(2)35(42)36(30)15-16-36/h4-8,10-12,20-21,28H,9,13-19,22-23H2,1-3H3/t28-/m1/s1. The first-order valence-corrected chi connectivity index (χ1v) is 15.7. The smallest absolute Gasteiger partial charge is 0.261 e. The van der Waals surface area contributed by atoms with Crippen LogP contribution < -0.4 is 15.4 Å². The van der Waals surface area contributed by atoms with Crippen molar-refractivity contribution < 1.29 is 14.3 Å². The number of likely N-dealkylation sites (N-methyl/N-ethyl adjacent to an activating group) is 1. The van der Waals surface area contributed by atoms with E-state index >= 15 is 0 Å². The van der Waals surface area contributed by atoms with Crippen molar-refractivity contribution in [2.24, 2.45) is 0 Å². The molecule has 0 radical (unpaired) electrons. The van der Waals surface area contributed by atoms with Crippen molar-refractivity contribution in [2.75, 3.05) is 50.3 Å². The third-order valence-electron chi connectivity index (χ3n) is 9.78. The van der Waals surface area contributed by atoms with Crippen LogP contribution in [0.25, 0.3) is 10.9 Å². The number of morpholine rings is 1. The van der Waals surface area contributed by atoms with Gasteiger partial charge in [-0.1, -0.05) is 36.4 Å². The highest BCUT2D eigenvalue weighted by molar-refractivity contribution is 6.09. The molecule has 8 nitrogen and oxygen atoms in total. The molecule has 0 unspecified atom stereocenters. The lowest BCUT2D eigenvalue weighted by Gasteiger charge is -2.34. The summed E-state index contributed by atoms with van der Waals surface area (Å²) in [5.41, 5.74) is 7.27. The van der Waals surface area contributed by atoms with Gasteiger partial charge in [0.1, 0.15) is 5.82 Å². The first-order chi connectivity index (χ1) is 21.4. The van der Waals surface area contributed by atoms with E-state index in [1.807, 2.05) is 28.6 Å². The molecule has 1 saturated carbocycles. The highest BCUT2D eigenvalue weighted by Crippen LogP contribution is 2.57. The van der Waals surface area contributed by atoms with Crippen LogP contribution in [0, 0.1) is 6.92 Å². The van der Waals surface area contributed by atoms with Crippen LogP contribution in [0.2, 0.25) is 0 Å². The van der Waals surface area contributed by atoms with Crippen LogP contribution in [0.4, 0.5) is 11.4 Å². The number of rotatable bonds is 9. The Hall–Kier alpha value is -4.01. The molecule has 1 saturated heterocycles. The summed E-state index contributed by atoms with van der Waals surface area (Å²) in [6.07, 6.45) is 4.04. The number of benzene rings is 3. The molecule has 3 aliphatic rings. The normalized spacial score (nSPS) is 18.8. The predicted molar refractivity (Wildman–Crippen MR) is 173 cm³/mol. The molecule has 0 bridgehead atoms. The maximum atomic E-state index is 14.1. The number of ether oxygens (including phenoxy) is 2. The number of hydrogen-bond donors (Lipinski definition) is 0. The molecule has 1 spiro atoms. The van der Waals surface area contributed by atoms with E-state index in [0.717, 1.165) is 66.2 Å². The molecule has 3 heterocycles. The zero-order valence-electron chi connectivity index (χ0n) is 25.8. The Bertz CT molecular complexity index is 1790. The van der Waals surface area contributed by atoms with Crippen molar-refractivity contribution in [2.45, 2.75) is 57.1 Å². The lowest BCUT2D eigenvalue weighted by atomic mass is 9.96. The Balaban J connectivity index is 1.20. The van der Waals surface area contributed by atoms with Crippen LogP contribution in [0.5, 0.6) is 0 Å². The molecule has 2 fully saturated rings. The topological polar surface area (TPSA) is 76.9 Å². The van der Waals surface area contributed by atoms with Gasteiger partial charge in [0, 0.05) is 51.6 Å². The van der Waals surface area contributed by atoms with E-state index in [1.54, 1.807) is 7.11 Å². The van der Waals surface area contributed by atoms with E-state index in [-0.39, 0.29) is 23.0 Å². The van der Waals surface area contributed by atoms with Gasteiger partial charge in [-0.05, 0) is 79.1 Å². The highest BCUT2D eigenvalue weighted by Gasteiger charge is 2.58. The summed E-state index contributed by atoms with van der Waals surface area (Å²) < 4.78 is 13.0. The van der Waals surface area contributed by atoms with Gasteiger partial charge in [-0.2, -0.15) is 0 Å². The first kappa shape index (κ1) is 28.7. The Morgan fingerprint density at radius 1 is 1.02 bits per heavy atom. The number of aromatic nitrogens is 2. The molecule has 8 heteroatoms. The van der Waals surface area contributed by atoms with Crippen molar-refractivity contribution in [1.29, 1.82) is 0 Å². The average molecular weight is 593 g/mol. The van der Waals surface area contributed by atoms with Crippen LogP contribution in [0.15, 0.2) is 65.5 Å². The van der Waals surface area contributed by atoms with Gasteiger partial charge in [0.2, 0.25) is 5.91 Å². The molecule has 0 N–H and O–H groups in total. The predicted octanol–water partition coefficient (Wildman–Crippen LogP) is 4.59. The van der Waals surface area contributed by atoms with Gasteiger partial charge in [-0.3, -0.25) is 14.2 Å². The Labute approximate surface area is 258 Å². The van der Waals surface area contributed by atoms with Crippen molar-refractivity contribution in [3.05, 3.63) is 99.1 Å². The highest BCUT2D eigenvalue weighted by atomic mass is 16.5. The first-order valence-electron chi connectivity index (χ1n) is 15.7. The number of hydrogen-bond acceptors (Lipinski definition) is 6. The molecule has 228 valence electrons. The number of anilines is 2. The van der Waals surface area contributed by atoms with E-state index in [0.29, 0.717) is 38.0 Å². The number of aryl methyl sites for hydroxylation is 4. The molecular formula is C36H40N4O4. The maximum absolute atomic E-state index is 14.1. The number of methoxy groups -OCH3 is 1. The summed E-state index contributed by atoms with van der Waals surface area (Å²) in [5.74, 6) is 1.01. The Morgan fingerprint density at radius 3 is 2.66 bits per heavy atom. The molecule has 1 amide bonds. The van der Waals surface area contributed by atoms with Crippen LogP contribution >= 0.6 is 0 Å². The molecule has 1 atom stereocenters. The van der Waals surface area contributed by atoms with Gasteiger partial charge < -0.3 is 19.3 Å². The van der Waals surface area contributed by atoms with Crippen LogP contribution in [0.3, 0.4) is 0 Å². The second kappa shape index (κ2) is 11.5. The molecule has 44 heavy (non-hydrogen) atoms. The minimum Gasteiger partial charge on any atom is -0.382 e. The maximum Gasteiger partial charge on any atom is 0.261 e. The van der Waals surface area contributed by atoms with E-state index in [1.165, 1.54) is 11.1 Å². The Morgan fingerprint density at radius 2 is 1.86 bits per heavy atom. The lowest BCUT2D eigenvalue weighted by molar-refractivity contribution is -0.119. The van der Waals surface area contributed by atoms with E-state index < -0.39 is 0 Å². The summed E-state index contributed by atoms with van der Waals surface area (Å²) in [6, 6.07) is 20.8. The molecule has 1 aromatic heterocycles. The molecule has 1 aliphatic carbocycles. The minimum absolute atomic E-state index is 0.00837. The summed E-state index contributed by atoms with van der Waals surface area (Å²) in [5, 5.41) is 0.630. The monoisotopic (exact) mass is 592 g/mol. The minimum atomic E-state index is -0.282. The summed E-state index contributed by atoms with van der Waals surface area (Å²) in [4.78, 5) is 36.2. The third kappa shape index (κ3) is 5.10. The van der Waals surface area contributed by atoms with Crippen LogP contribution in [0.1, 0.15) is 40.9 Å². The van der Waals surface area contributed by atoms with Gasteiger partial charge >= 0.3 is 0 Å². The second-order valence-electron chi connectivity index (χ2n) is 12.6. The van der Waals surface area contributed by atoms with Crippen molar-refractivity contribution in [1.82, 2.24) is 9.55 Å². The molecule has 2 aliphatic heterocycles. The lowest BCUT2D eigenvalue weighted by Crippen LogP contribution is -2.44. The second-order valence-corrected chi connectivity index (χ2v) is 12.6. The fraction of sp³-hybridized carbons (Fsp3) is 0.417. The van der Waals surface area contributed by atoms with E-state index in [2.05, 4.69) is 60.4 Å². The average Bonchev–Trinajstić information content (AvgIpc) is 3.82. The van der Waals surface area contributed by atoms with Gasteiger partial charge in [0.25, 0.3) is 5.56 Å². The molecule has 7 rings (SSSR count). The molecular weight excluding hydrogens is 552 g/mol. The number of nitrogens with zero attached hydrogens (tertiary/aromatic N) is 4. The summed E-state index contributed by atoms with van der Waals surface area (Å²) >= 11 is 0. The largest absolute Gasteiger partial charge is 0.382 e. The quantitative estimate of drug-likeness (QED) is 0.283. The number of fused-ring (bicyclic) bond motifs is 3. The SMILES string of the molecule is COC[C@H]1CN(c2ccc3c(=O)n(CCc4ccc5c(c4)N(C)C(=O)C54CC4)c(CCc4ccccc4C)nc3c2)CCO1. The summed E-state index contributed by atoms with van der Waals surface area (Å²) in [7, 11) is 3.57. The van der Waals surface area contributed by atoms with Gasteiger partial charge in [-0.25, -0.2) is 4.98 Å². The number of carbonyl (C=O) groups excluding carboxylic acids is 1. The van der Waals surface area contributed by atoms with Crippen LogP contribution in [-0.4, -0.2) is 62.0 Å². The van der Waals surface area contributed by atoms with Crippen LogP contribution in [-0.2, 0) is 45.5 Å². The van der Waals surface area contributed by atoms with Gasteiger partial charge in [0.15, 0.2) is 0 Å². The third-order valence-corrected chi connectivity index (χ3v) is 9.78. The fourth-order valence-electron chi connectivity index (χ4n) is 7.06. The molecule has 4 aromatic rings. The summed E-state index contributed by atoms with van der Waals surface area (Å²) in [6.45, 7) is 5.36. The van der Waals surface area contributed by atoms with Crippen molar-refractivity contribution in [3.63, 3.8) is 0 Å². The van der Waals surface area contributed by atoms with Gasteiger partial charge in [-0.15, -0.1) is 0 Å². The Kier molecular flexibility index (Phi) is 7.50. The zero-order valence-corrected chi connectivity index (χ0v) is 25.8. The van der Waals surface area contributed by atoms with E-state index in [4.69, 9.17) is 14.5 Å². The zero-order chi connectivity index (χ0) is 30.4. The van der Waals surface area contributed by atoms with E-state index in [9.17, 15) is 9.59 Å². The van der Waals surface area contributed by atoms with Gasteiger partial charge in [0.05, 0.1) is 35.6 Å². The fourth-order valence-corrected chi connectivity index (χ4v) is 7.06. The van der Waals surface area contributed by atoms with Crippen molar-refractivity contribution in [3.8, 4) is 0 Å².